The number of rotatable bonds is 4. The third kappa shape index (κ3) is 2.98. The van der Waals surface area contributed by atoms with E-state index >= 15 is 0 Å². The molecule has 5 nitrogen and oxygen atoms in total. The summed E-state index contributed by atoms with van der Waals surface area (Å²) in [6, 6.07) is 8.55. The van der Waals surface area contributed by atoms with Crippen LogP contribution < -0.4 is 10.2 Å². The minimum Gasteiger partial charge on any atom is -0.381 e. The second-order valence-corrected chi connectivity index (χ2v) is 6.59. The summed E-state index contributed by atoms with van der Waals surface area (Å²) in [6.07, 6.45) is 6.15. The molecule has 0 radical (unpaired) electrons. The van der Waals surface area contributed by atoms with Crippen LogP contribution in [0.25, 0.3) is 11.0 Å². The molecule has 2 fully saturated rings. The summed E-state index contributed by atoms with van der Waals surface area (Å²) in [6.45, 7) is 2.15. The predicted octanol–water partition coefficient (Wildman–Crippen LogP) is 3.21. The number of hydrogen-bond donors (Lipinski definition) is 1. The quantitative estimate of drug-likeness (QED) is 0.939. The number of nitrogens with zero attached hydrogens (tertiary/aromatic N) is 3. The Morgan fingerprint density at radius 1 is 1.09 bits per heavy atom. The maximum atomic E-state index is 5.49. The molecule has 2 aliphatic rings. The molecule has 2 unspecified atom stereocenters. The van der Waals surface area contributed by atoms with Gasteiger partial charge in [0.25, 0.3) is 0 Å². The average molecular weight is 312 g/mol. The Balaban J connectivity index is 1.66. The van der Waals surface area contributed by atoms with E-state index in [1.165, 1.54) is 12.8 Å². The first-order valence-corrected chi connectivity index (χ1v) is 8.64. The highest BCUT2D eigenvalue weighted by Gasteiger charge is 2.27. The zero-order valence-electron chi connectivity index (χ0n) is 13.7. The van der Waals surface area contributed by atoms with Crippen molar-refractivity contribution in [3.63, 3.8) is 0 Å². The Labute approximate surface area is 137 Å². The number of hydrogen-bond acceptors (Lipinski definition) is 5. The number of aromatic nitrogens is 2. The zero-order chi connectivity index (χ0) is 15.6. The molecule has 1 aromatic heterocycles. The van der Waals surface area contributed by atoms with E-state index in [2.05, 4.69) is 10.2 Å². The lowest BCUT2D eigenvalue weighted by atomic mass is 10.2. The molecule has 4 rings (SSSR count). The van der Waals surface area contributed by atoms with Gasteiger partial charge in [-0.15, -0.1) is 0 Å². The molecule has 122 valence electrons. The summed E-state index contributed by atoms with van der Waals surface area (Å²) in [7, 11) is 1.80. The van der Waals surface area contributed by atoms with Gasteiger partial charge in [-0.1, -0.05) is 12.1 Å². The zero-order valence-corrected chi connectivity index (χ0v) is 13.7. The highest BCUT2D eigenvalue weighted by molar-refractivity contribution is 5.80. The van der Waals surface area contributed by atoms with Gasteiger partial charge in [-0.25, -0.2) is 9.97 Å². The van der Waals surface area contributed by atoms with Crippen molar-refractivity contribution >= 4 is 22.7 Å². The molecular weight excluding hydrogens is 288 g/mol. The molecular formula is C18H24N4O. The fourth-order valence-electron chi connectivity index (χ4n) is 3.72. The van der Waals surface area contributed by atoms with Crippen LogP contribution >= 0.6 is 0 Å². The second-order valence-electron chi connectivity index (χ2n) is 6.59. The lowest BCUT2D eigenvalue weighted by Gasteiger charge is -2.22. The summed E-state index contributed by atoms with van der Waals surface area (Å²) in [5, 5.41) is 3.65. The summed E-state index contributed by atoms with van der Waals surface area (Å²) in [5.41, 5.74) is 1.93. The Morgan fingerprint density at radius 2 is 1.83 bits per heavy atom. The minimum absolute atomic E-state index is 0.371. The number of para-hydroxylation sites is 2. The van der Waals surface area contributed by atoms with Crippen LogP contribution in [0.15, 0.2) is 24.3 Å². The van der Waals surface area contributed by atoms with Crippen molar-refractivity contribution in [1.29, 1.82) is 0 Å². The average Bonchev–Trinajstić information content (AvgIpc) is 3.26. The molecule has 0 amide bonds. The van der Waals surface area contributed by atoms with Gasteiger partial charge in [0.15, 0.2) is 11.6 Å². The summed E-state index contributed by atoms with van der Waals surface area (Å²) < 4.78 is 5.49. The number of fused-ring (bicyclic) bond motifs is 1. The van der Waals surface area contributed by atoms with Gasteiger partial charge in [0.05, 0.1) is 17.1 Å². The summed E-state index contributed by atoms with van der Waals surface area (Å²) in [4.78, 5) is 12.2. The van der Waals surface area contributed by atoms with E-state index in [-0.39, 0.29) is 0 Å². The largest absolute Gasteiger partial charge is 0.381 e. The fourth-order valence-corrected chi connectivity index (χ4v) is 3.72. The molecule has 5 heteroatoms. The van der Waals surface area contributed by atoms with Crippen molar-refractivity contribution in [3.05, 3.63) is 24.3 Å². The highest BCUT2D eigenvalue weighted by atomic mass is 16.5. The van der Waals surface area contributed by atoms with Crippen molar-refractivity contribution in [2.24, 2.45) is 0 Å². The molecule has 0 spiro atoms. The Kier molecular flexibility index (Phi) is 4.04. The van der Waals surface area contributed by atoms with E-state index in [4.69, 9.17) is 14.7 Å². The number of methoxy groups -OCH3 is 1. The maximum Gasteiger partial charge on any atom is 0.172 e. The first kappa shape index (κ1) is 14.7. The van der Waals surface area contributed by atoms with Gasteiger partial charge in [-0.2, -0.15) is 0 Å². The number of nitrogens with one attached hydrogen (secondary N) is 1. The second kappa shape index (κ2) is 6.32. The predicted molar refractivity (Wildman–Crippen MR) is 93.0 cm³/mol. The molecule has 1 N–H and O–H groups in total. The van der Waals surface area contributed by atoms with Crippen LogP contribution in [0, 0.1) is 0 Å². The van der Waals surface area contributed by atoms with E-state index < -0.39 is 0 Å². The van der Waals surface area contributed by atoms with Crippen LogP contribution in [0.3, 0.4) is 0 Å². The normalized spacial score (nSPS) is 24.5. The fraction of sp³-hybridized carbons (Fsp3) is 0.556. The lowest BCUT2D eigenvalue weighted by molar-refractivity contribution is 0.108. The minimum atomic E-state index is 0.371. The highest BCUT2D eigenvalue weighted by Crippen LogP contribution is 2.31. The standard InChI is InChI=1S/C18H24N4O/c1-23-14-9-8-13(12-14)19-17-18(22-10-4-5-11-22)21-16-7-3-2-6-15(16)20-17/h2-3,6-7,13-14H,4-5,8-12H2,1H3,(H,19,20). The van der Waals surface area contributed by atoms with Crippen LogP contribution in [-0.4, -0.2) is 42.3 Å². The van der Waals surface area contributed by atoms with Gasteiger partial charge in [-0.05, 0) is 44.2 Å². The van der Waals surface area contributed by atoms with Gasteiger partial charge in [0, 0.05) is 26.2 Å². The van der Waals surface area contributed by atoms with E-state index in [0.29, 0.717) is 12.1 Å². The Bertz CT molecular complexity index is 684. The van der Waals surface area contributed by atoms with Crippen molar-refractivity contribution < 1.29 is 4.74 Å². The first-order chi connectivity index (χ1) is 11.3. The molecule has 1 saturated carbocycles. The van der Waals surface area contributed by atoms with Crippen LogP contribution in [-0.2, 0) is 4.74 Å². The Morgan fingerprint density at radius 3 is 2.52 bits per heavy atom. The first-order valence-electron chi connectivity index (χ1n) is 8.64. The van der Waals surface area contributed by atoms with Crippen molar-refractivity contribution in [2.75, 3.05) is 30.4 Å². The maximum absolute atomic E-state index is 5.49. The molecule has 23 heavy (non-hydrogen) atoms. The van der Waals surface area contributed by atoms with Crippen molar-refractivity contribution in [2.45, 2.75) is 44.2 Å². The van der Waals surface area contributed by atoms with Crippen molar-refractivity contribution in [3.8, 4) is 0 Å². The third-order valence-corrected chi connectivity index (χ3v) is 5.02. The van der Waals surface area contributed by atoms with Crippen LogP contribution in [0.1, 0.15) is 32.1 Å². The monoisotopic (exact) mass is 312 g/mol. The molecule has 1 saturated heterocycles. The molecule has 2 atom stereocenters. The molecule has 1 aromatic carbocycles. The molecule has 1 aliphatic carbocycles. The topological polar surface area (TPSA) is 50.3 Å². The molecule has 1 aliphatic heterocycles. The lowest BCUT2D eigenvalue weighted by Crippen LogP contribution is -2.24. The number of ether oxygens (including phenoxy) is 1. The number of benzene rings is 1. The van der Waals surface area contributed by atoms with Gasteiger partial charge in [-0.3, -0.25) is 0 Å². The Hall–Kier alpha value is -1.88. The molecule has 2 heterocycles. The van der Waals surface area contributed by atoms with E-state index in [9.17, 15) is 0 Å². The van der Waals surface area contributed by atoms with Crippen molar-refractivity contribution in [1.82, 2.24) is 9.97 Å². The summed E-state index contributed by atoms with van der Waals surface area (Å²) >= 11 is 0. The number of anilines is 2. The van der Waals surface area contributed by atoms with Gasteiger partial charge >= 0.3 is 0 Å². The van der Waals surface area contributed by atoms with Crippen LogP contribution in [0.2, 0.25) is 0 Å². The van der Waals surface area contributed by atoms with E-state index in [1.807, 2.05) is 24.3 Å². The van der Waals surface area contributed by atoms with Gasteiger partial charge in [0.2, 0.25) is 0 Å². The van der Waals surface area contributed by atoms with Gasteiger partial charge in [0.1, 0.15) is 0 Å². The van der Waals surface area contributed by atoms with Gasteiger partial charge < -0.3 is 15.0 Å². The third-order valence-electron chi connectivity index (χ3n) is 5.02. The SMILES string of the molecule is COC1CCC(Nc2nc3ccccc3nc2N2CCCC2)C1. The van der Waals surface area contributed by atoms with Crippen LogP contribution in [0.5, 0.6) is 0 Å². The molecule has 0 bridgehead atoms. The summed E-state index contributed by atoms with van der Waals surface area (Å²) in [5.74, 6) is 1.95. The molecule has 2 aromatic rings. The van der Waals surface area contributed by atoms with E-state index in [0.717, 1.165) is 55.0 Å². The van der Waals surface area contributed by atoms with E-state index in [1.54, 1.807) is 7.11 Å². The van der Waals surface area contributed by atoms with Crippen LogP contribution in [0.4, 0.5) is 11.6 Å². The smallest absolute Gasteiger partial charge is 0.172 e.